The van der Waals surface area contributed by atoms with Crippen LogP contribution >= 0.6 is 12.2 Å². The molecule has 19 heavy (non-hydrogen) atoms. The second-order valence-corrected chi connectivity index (χ2v) is 4.52. The van der Waals surface area contributed by atoms with E-state index in [1.165, 1.54) is 0 Å². The number of anilines is 1. The molecule has 0 fully saturated rings. The number of ether oxygens (including phenoxy) is 1. The molecule has 0 aliphatic heterocycles. The average Bonchev–Trinajstić information content (AvgIpc) is 2.81. The Balaban J connectivity index is 2.22. The molecule has 0 bridgehead atoms. The minimum Gasteiger partial charge on any atom is -0.497 e. The van der Waals surface area contributed by atoms with E-state index in [0.717, 1.165) is 22.8 Å². The fraction of sp³-hybridized carbons (Fsp3) is 0.231. The highest BCUT2D eigenvalue weighted by molar-refractivity contribution is 7.80. The zero-order valence-electron chi connectivity index (χ0n) is 10.9. The van der Waals surface area contributed by atoms with E-state index in [1.807, 2.05) is 36.0 Å². The third-order valence-corrected chi connectivity index (χ3v) is 3.07. The monoisotopic (exact) mass is 276 g/mol. The highest BCUT2D eigenvalue weighted by atomic mass is 32.1. The van der Waals surface area contributed by atoms with Gasteiger partial charge in [0.15, 0.2) is 0 Å². The molecule has 0 saturated carbocycles. The minimum absolute atomic E-state index is 0.352. The second-order valence-electron chi connectivity index (χ2n) is 4.08. The average molecular weight is 276 g/mol. The van der Waals surface area contributed by atoms with Crippen molar-refractivity contribution in [3.8, 4) is 5.75 Å². The summed E-state index contributed by atoms with van der Waals surface area (Å²) in [5, 5.41) is 3.28. The molecule has 100 valence electrons. The first-order valence-electron chi connectivity index (χ1n) is 5.79. The quantitative estimate of drug-likeness (QED) is 0.813. The van der Waals surface area contributed by atoms with Crippen molar-refractivity contribution < 1.29 is 4.74 Å². The molecule has 6 heteroatoms. The molecule has 1 aromatic carbocycles. The third-order valence-electron chi connectivity index (χ3n) is 2.85. The van der Waals surface area contributed by atoms with Gasteiger partial charge in [-0.1, -0.05) is 12.2 Å². The molecule has 2 rings (SSSR count). The van der Waals surface area contributed by atoms with Gasteiger partial charge in [0, 0.05) is 36.8 Å². The van der Waals surface area contributed by atoms with Crippen LogP contribution in [-0.4, -0.2) is 21.6 Å². The smallest absolute Gasteiger partial charge is 0.127 e. The summed E-state index contributed by atoms with van der Waals surface area (Å²) >= 11 is 5.05. The molecule has 1 aromatic heterocycles. The highest BCUT2D eigenvalue weighted by Gasteiger charge is 2.08. The SMILES string of the molecule is COc1ccc(C(N)=S)c(NCc2nccn2C)c1. The van der Waals surface area contributed by atoms with Crippen LogP contribution in [0.15, 0.2) is 30.6 Å². The summed E-state index contributed by atoms with van der Waals surface area (Å²) in [5.74, 6) is 1.68. The molecule has 0 unspecified atom stereocenters. The number of aryl methyl sites for hydroxylation is 1. The molecular formula is C13H16N4OS. The molecule has 3 N–H and O–H groups in total. The Morgan fingerprint density at radius 1 is 1.53 bits per heavy atom. The van der Waals surface area contributed by atoms with E-state index >= 15 is 0 Å². The van der Waals surface area contributed by atoms with Gasteiger partial charge < -0.3 is 20.4 Å². The number of hydrogen-bond donors (Lipinski definition) is 2. The van der Waals surface area contributed by atoms with Gasteiger partial charge in [0.05, 0.1) is 13.7 Å². The summed E-state index contributed by atoms with van der Waals surface area (Å²) in [6.45, 7) is 0.590. The summed E-state index contributed by atoms with van der Waals surface area (Å²) in [6, 6.07) is 5.56. The maximum Gasteiger partial charge on any atom is 0.127 e. The van der Waals surface area contributed by atoms with Crippen molar-refractivity contribution in [1.29, 1.82) is 0 Å². The van der Waals surface area contributed by atoms with Gasteiger partial charge in [-0.05, 0) is 12.1 Å². The minimum atomic E-state index is 0.352. The first kappa shape index (κ1) is 13.4. The van der Waals surface area contributed by atoms with Crippen molar-refractivity contribution in [2.24, 2.45) is 12.8 Å². The Morgan fingerprint density at radius 3 is 2.89 bits per heavy atom. The maximum absolute atomic E-state index is 5.71. The molecule has 0 atom stereocenters. The first-order chi connectivity index (χ1) is 9.11. The normalized spacial score (nSPS) is 10.2. The van der Waals surface area contributed by atoms with E-state index in [0.29, 0.717) is 11.5 Å². The number of rotatable bonds is 5. The molecule has 0 amide bonds. The standard InChI is InChI=1S/C13H16N4OS/c1-17-6-5-15-12(17)8-16-11-7-9(18-2)3-4-10(11)13(14)19/h3-7,16H,8H2,1-2H3,(H2,14,19). The molecule has 5 nitrogen and oxygen atoms in total. The highest BCUT2D eigenvalue weighted by Crippen LogP contribution is 2.23. The third kappa shape index (κ3) is 3.03. The number of aromatic nitrogens is 2. The van der Waals surface area contributed by atoms with E-state index in [2.05, 4.69) is 10.3 Å². The Labute approximate surface area is 117 Å². The fourth-order valence-electron chi connectivity index (χ4n) is 1.75. The zero-order valence-corrected chi connectivity index (χ0v) is 11.7. The predicted octanol–water partition coefficient (Wildman–Crippen LogP) is 1.68. The van der Waals surface area contributed by atoms with Crippen LogP contribution in [0.1, 0.15) is 11.4 Å². The Hall–Kier alpha value is -2.08. The van der Waals surface area contributed by atoms with E-state index < -0.39 is 0 Å². The van der Waals surface area contributed by atoms with E-state index in [9.17, 15) is 0 Å². The lowest BCUT2D eigenvalue weighted by atomic mass is 10.1. The van der Waals surface area contributed by atoms with Crippen LogP contribution in [-0.2, 0) is 13.6 Å². The number of benzene rings is 1. The van der Waals surface area contributed by atoms with Crippen molar-refractivity contribution in [1.82, 2.24) is 9.55 Å². The van der Waals surface area contributed by atoms with Crippen molar-refractivity contribution in [3.63, 3.8) is 0 Å². The maximum atomic E-state index is 5.71. The summed E-state index contributed by atoms with van der Waals surface area (Å²) in [7, 11) is 3.57. The van der Waals surface area contributed by atoms with Crippen LogP contribution in [0.3, 0.4) is 0 Å². The van der Waals surface area contributed by atoms with Gasteiger partial charge >= 0.3 is 0 Å². The van der Waals surface area contributed by atoms with Crippen molar-refractivity contribution in [3.05, 3.63) is 42.0 Å². The number of nitrogens with two attached hydrogens (primary N) is 1. The lowest BCUT2D eigenvalue weighted by molar-refractivity contribution is 0.415. The van der Waals surface area contributed by atoms with Gasteiger partial charge in [0.1, 0.15) is 16.6 Å². The molecule has 1 heterocycles. The van der Waals surface area contributed by atoms with Crippen LogP contribution in [0, 0.1) is 0 Å². The number of imidazole rings is 1. The number of thiocarbonyl (C=S) groups is 1. The largest absolute Gasteiger partial charge is 0.497 e. The zero-order chi connectivity index (χ0) is 13.8. The van der Waals surface area contributed by atoms with Crippen molar-refractivity contribution in [2.75, 3.05) is 12.4 Å². The van der Waals surface area contributed by atoms with E-state index in [-0.39, 0.29) is 0 Å². The Morgan fingerprint density at radius 2 is 2.32 bits per heavy atom. The van der Waals surface area contributed by atoms with Gasteiger partial charge in [-0.3, -0.25) is 0 Å². The first-order valence-corrected chi connectivity index (χ1v) is 6.20. The van der Waals surface area contributed by atoms with Gasteiger partial charge in [0.2, 0.25) is 0 Å². The molecule has 0 spiro atoms. The van der Waals surface area contributed by atoms with Crippen LogP contribution in [0.4, 0.5) is 5.69 Å². The predicted molar refractivity (Wildman–Crippen MR) is 79.4 cm³/mol. The lowest BCUT2D eigenvalue weighted by Gasteiger charge is -2.12. The molecule has 0 aliphatic rings. The lowest BCUT2D eigenvalue weighted by Crippen LogP contribution is -2.14. The van der Waals surface area contributed by atoms with E-state index in [1.54, 1.807) is 13.3 Å². The number of nitrogens with zero attached hydrogens (tertiary/aromatic N) is 2. The molecular weight excluding hydrogens is 260 g/mol. The number of nitrogens with one attached hydrogen (secondary N) is 1. The molecule has 0 radical (unpaired) electrons. The van der Waals surface area contributed by atoms with Gasteiger partial charge in [0.25, 0.3) is 0 Å². The summed E-state index contributed by atoms with van der Waals surface area (Å²) in [5.41, 5.74) is 7.35. The Kier molecular flexibility index (Phi) is 4.01. The van der Waals surface area contributed by atoms with Gasteiger partial charge in [-0.25, -0.2) is 4.98 Å². The summed E-state index contributed by atoms with van der Waals surface area (Å²) in [4.78, 5) is 4.60. The van der Waals surface area contributed by atoms with Crippen LogP contribution < -0.4 is 15.8 Å². The van der Waals surface area contributed by atoms with Crippen LogP contribution in [0.5, 0.6) is 5.75 Å². The Bertz CT molecular complexity index is 594. The number of hydrogen-bond acceptors (Lipinski definition) is 4. The van der Waals surface area contributed by atoms with Gasteiger partial charge in [-0.15, -0.1) is 0 Å². The van der Waals surface area contributed by atoms with Crippen molar-refractivity contribution in [2.45, 2.75) is 6.54 Å². The van der Waals surface area contributed by atoms with Crippen molar-refractivity contribution >= 4 is 22.9 Å². The van der Waals surface area contributed by atoms with E-state index in [4.69, 9.17) is 22.7 Å². The molecule has 0 aliphatic carbocycles. The van der Waals surface area contributed by atoms with Crippen LogP contribution in [0.25, 0.3) is 0 Å². The topological polar surface area (TPSA) is 65.1 Å². The summed E-state index contributed by atoms with van der Waals surface area (Å²) in [6.07, 6.45) is 3.66. The number of methoxy groups -OCH3 is 1. The van der Waals surface area contributed by atoms with Crippen LogP contribution in [0.2, 0.25) is 0 Å². The summed E-state index contributed by atoms with van der Waals surface area (Å²) < 4.78 is 7.16. The molecule has 2 aromatic rings. The second kappa shape index (κ2) is 5.71. The molecule has 0 saturated heterocycles. The fourth-order valence-corrected chi connectivity index (χ4v) is 1.93. The van der Waals surface area contributed by atoms with Gasteiger partial charge in [-0.2, -0.15) is 0 Å².